The molecular weight excluding hydrogens is 280 g/mol. The monoisotopic (exact) mass is 300 g/mol. The molecule has 0 heterocycles. The minimum Gasteiger partial charge on any atom is -0.507 e. The topological polar surface area (TPSA) is 86.8 Å². The molecule has 5 heteroatoms. The number of hydrogen-bond acceptors (Lipinski definition) is 5. The first kappa shape index (κ1) is 15.7. The molecule has 2 aromatic rings. The number of carbonyl (C=O) groups is 1. The first-order chi connectivity index (χ1) is 10.5. The molecule has 0 bridgehead atoms. The number of nitrogens with zero attached hydrogens (tertiary/aromatic N) is 1. The van der Waals surface area contributed by atoms with E-state index < -0.39 is 5.78 Å². The van der Waals surface area contributed by atoms with Gasteiger partial charge in [-0.1, -0.05) is 12.1 Å². The maximum Gasteiger partial charge on any atom is 0.200 e. The molecule has 4 N–H and O–H groups in total. The highest BCUT2D eigenvalue weighted by molar-refractivity contribution is 6.13. The van der Waals surface area contributed by atoms with Crippen LogP contribution in [0.4, 0.5) is 11.4 Å². The zero-order valence-electron chi connectivity index (χ0n) is 12.7. The Bertz CT molecular complexity index is 694. The van der Waals surface area contributed by atoms with Gasteiger partial charge in [-0.15, -0.1) is 0 Å². The van der Waals surface area contributed by atoms with Gasteiger partial charge in [0.1, 0.15) is 5.75 Å². The van der Waals surface area contributed by atoms with Gasteiger partial charge in [-0.2, -0.15) is 0 Å². The van der Waals surface area contributed by atoms with Crippen LogP contribution in [0.3, 0.4) is 0 Å². The van der Waals surface area contributed by atoms with Crippen LogP contribution in [-0.4, -0.2) is 29.1 Å². The fraction of sp³-hybridized carbons (Fsp3) is 0.235. The van der Waals surface area contributed by atoms with E-state index in [1.165, 1.54) is 18.2 Å². The molecule has 0 fully saturated rings. The summed E-state index contributed by atoms with van der Waals surface area (Å²) < 4.78 is 0. The summed E-state index contributed by atoms with van der Waals surface area (Å²) in [7, 11) is 0. The molecule has 0 aliphatic heterocycles. The molecule has 0 spiro atoms. The summed E-state index contributed by atoms with van der Waals surface area (Å²) in [5, 5.41) is 20.1. The van der Waals surface area contributed by atoms with Gasteiger partial charge in [-0.3, -0.25) is 4.79 Å². The van der Waals surface area contributed by atoms with Crippen molar-refractivity contribution in [1.82, 2.24) is 0 Å². The predicted octanol–water partition coefficient (Wildman–Crippen LogP) is 2.76. The molecule has 0 aliphatic rings. The van der Waals surface area contributed by atoms with Crippen molar-refractivity contribution < 1.29 is 15.0 Å². The van der Waals surface area contributed by atoms with Gasteiger partial charge in [0.05, 0.1) is 22.5 Å². The number of phenols is 2. The number of carbonyl (C=O) groups excluding carboxylic acids is 1. The highest BCUT2D eigenvalue weighted by Crippen LogP contribution is 2.36. The molecule has 0 aliphatic carbocycles. The van der Waals surface area contributed by atoms with Crippen molar-refractivity contribution in [2.75, 3.05) is 23.7 Å². The maximum atomic E-state index is 12.5. The molecule has 0 amide bonds. The molecule has 0 atom stereocenters. The largest absolute Gasteiger partial charge is 0.507 e. The Morgan fingerprint density at radius 1 is 1.05 bits per heavy atom. The van der Waals surface area contributed by atoms with E-state index in [2.05, 4.69) is 0 Å². The van der Waals surface area contributed by atoms with E-state index in [0.717, 1.165) is 13.1 Å². The maximum absolute atomic E-state index is 12.5. The Balaban J connectivity index is 2.48. The molecule has 22 heavy (non-hydrogen) atoms. The Hall–Kier alpha value is -2.69. The number of phenolic OH excluding ortho intramolecular Hbond substituents is 2. The summed E-state index contributed by atoms with van der Waals surface area (Å²) in [4.78, 5) is 14.5. The highest BCUT2D eigenvalue weighted by Gasteiger charge is 2.20. The molecule has 0 aromatic heterocycles. The van der Waals surface area contributed by atoms with Crippen LogP contribution in [-0.2, 0) is 0 Å². The fourth-order valence-corrected chi connectivity index (χ4v) is 2.43. The van der Waals surface area contributed by atoms with Crippen LogP contribution in [0.15, 0.2) is 36.4 Å². The van der Waals surface area contributed by atoms with Crippen molar-refractivity contribution in [3.8, 4) is 11.5 Å². The van der Waals surface area contributed by atoms with Crippen molar-refractivity contribution >= 4 is 17.2 Å². The number of ketones is 1. The molecule has 0 saturated carbocycles. The van der Waals surface area contributed by atoms with Crippen LogP contribution < -0.4 is 10.6 Å². The van der Waals surface area contributed by atoms with E-state index in [-0.39, 0.29) is 28.3 Å². The molecule has 2 aromatic carbocycles. The molecule has 5 nitrogen and oxygen atoms in total. The van der Waals surface area contributed by atoms with Gasteiger partial charge in [0.25, 0.3) is 0 Å². The summed E-state index contributed by atoms with van der Waals surface area (Å²) in [5.41, 5.74) is 7.06. The SMILES string of the molecule is CCN(CC)c1ccc(C(=O)c2ccccc2O)c(O)c1N. The standard InChI is InChI=1S/C17H20N2O3/c1-3-19(4-2)13-10-9-12(17(22)15(13)18)16(21)11-7-5-6-8-14(11)20/h5-10,20,22H,3-4,18H2,1-2H3. The Morgan fingerprint density at radius 3 is 2.27 bits per heavy atom. The number of aromatic hydroxyl groups is 2. The van der Waals surface area contributed by atoms with Gasteiger partial charge in [0, 0.05) is 13.1 Å². The lowest BCUT2D eigenvalue weighted by atomic mass is 10.00. The van der Waals surface area contributed by atoms with Crippen molar-refractivity contribution in [1.29, 1.82) is 0 Å². The minimum atomic E-state index is -0.464. The quantitative estimate of drug-likeness (QED) is 0.449. The van der Waals surface area contributed by atoms with Crippen LogP contribution in [0.2, 0.25) is 0 Å². The van der Waals surface area contributed by atoms with Gasteiger partial charge in [0.15, 0.2) is 5.75 Å². The Labute approximate surface area is 129 Å². The summed E-state index contributed by atoms with van der Waals surface area (Å²) in [6.07, 6.45) is 0. The molecule has 2 rings (SSSR count). The van der Waals surface area contributed by atoms with Gasteiger partial charge in [-0.05, 0) is 38.1 Å². The minimum absolute atomic E-state index is 0.0786. The number of anilines is 2. The van der Waals surface area contributed by atoms with E-state index >= 15 is 0 Å². The van der Waals surface area contributed by atoms with Gasteiger partial charge < -0.3 is 20.8 Å². The third kappa shape index (κ3) is 2.70. The summed E-state index contributed by atoms with van der Waals surface area (Å²) in [6.45, 7) is 5.46. The second-order valence-corrected chi connectivity index (χ2v) is 4.91. The third-order valence-electron chi connectivity index (χ3n) is 3.69. The molecule has 0 unspecified atom stereocenters. The van der Waals surface area contributed by atoms with Gasteiger partial charge in [0.2, 0.25) is 5.78 Å². The van der Waals surface area contributed by atoms with E-state index in [0.29, 0.717) is 5.69 Å². The van der Waals surface area contributed by atoms with Crippen LogP contribution >= 0.6 is 0 Å². The number of rotatable bonds is 5. The lowest BCUT2D eigenvalue weighted by molar-refractivity contribution is 0.103. The fourth-order valence-electron chi connectivity index (χ4n) is 2.43. The van der Waals surface area contributed by atoms with Crippen LogP contribution in [0.1, 0.15) is 29.8 Å². The van der Waals surface area contributed by atoms with E-state index in [1.807, 2.05) is 18.7 Å². The molecular formula is C17H20N2O3. The predicted molar refractivity (Wildman–Crippen MR) is 87.6 cm³/mol. The number of para-hydroxylation sites is 1. The third-order valence-corrected chi connectivity index (χ3v) is 3.69. The zero-order valence-corrected chi connectivity index (χ0v) is 12.7. The zero-order chi connectivity index (χ0) is 16.3. The van der Waals surface area contributed by atoms with Crippen molar-refractivity contribution in [3.05, 3.63) is 47.5 Å². The number of hydrogen-bond donors (Lipinski definition) is 3. The van der Waals surface area contributed by atoms with Crippen molar-refractivity contribution in [2.24, 2.45) is 0 Å². The summed E-state index contributed by atoms with van der Waals surface area (Å²) in [6, 6.07) is 9.47. The second kappa shape index (κ2) is 6.39. The lowest BCUT2D eigenvalue weighted by Gasteiger charge is -2.23. The summed E-state index contributed by atoms with van der Waals surface area (Å²) in [5.74, 6) is -0.843. The second-order valence-electron chi connectivity index (χ2n) is 4.91. The van der Waals surface area contributed by atoms with Crippen LogP contribution in [0.5, 0.6) is 11.5 Å². The Kier molecular flexibility index (Phi) is 4.56. The van der Waals surface area contributed by atoms with E-state index in [9.17, 15) is 15.0 Å². The average molecular weight is 300 g/mol. The molecule has 116 valence electrons. The molecule has 0 radical (unpaired) electrons. The van der Waals surface area contributed by atoms with Gasteiger partial charge in [-0.25, -0.2) is 0 Å². The number of benzene rings is 2. The number of nitrogen functional groups attached to an aromatic ring is 1. The van der Waals surface area contributed by atoms with Gasteiger partial charge >= 0.3 is 0 Å². The normalized spacial score (nSPS) is 10.5. The Morgan fingerprint density at radius 2 is 1.68 bits per heavy atom. The van der Waals surface area contributed by atoms with Crippen molar-refractivity contribution in [2.45, 2.75) is 13.8 Å². The highest BCUT2D eigenvalue weighted by atomic mass is 16.3. The summed E-state index contributed by atoms with van der Waals surface area (Å²) >= 11 is 0. The van der Waals surface area contributed by atoms with Crippen LogP contribution in [0, 0.1) is 0 Å². The van der Waals surface area contributed by atoms with E-state index in [1.54, 1.807) is 18.2 Å². The first-order valence-electron chi connectivity index (χ1n) is 7.20. The first-order valence-corrected chi connectivity index (χ1v) is 7.20. The van der Waals surface area contributed by atoms with Crippen LogP contribution in [0.25, 0.3) is 0 Å². The lowest BCUT2D eigenvalue weighted by Crippen LogP contribution is -2.23. The average Bonchev–Trinajstić information content (AvgIpc) is 2.52. The smallest absolute Gasteiger partial charge is 0.200 e. The molecule has 0 saturated heterocycles. The van der Waals surface area contributed by atoms with Crippen molar-refractivity contribution in [3.63, 3.8) is 0 Å². The van der Waals surface area contributed by atoms with E-state index in [4.69, 9.17) is 5.73 Å². The number of nitrogens with two attached hydrogens (primary N) is 1.